The molecule has 0 radical (unpaired) electrons. The van der Waals surface area contributed by atoms with Gasteiger partial charge in [0.05, 0.1) is 7.11 Å². The van der Waals surface area contributed by atoms with Gasteiger partial charge in [0, 0.05) is 30.8 Å². The first-order valence-corrected chi connectivity index (χ1v) is 5.97. The molecule has 1 atom stereocenters. The molecule has 0 aliphatic carbocycles. The van der Waals surface area contributed by atoms with Gasteiger partial charge in [-0.2, -0.15) is 0 Å². The first-order chi connectivity index (χ1) is 8.20. The van der Waals surface area contributed by atoms with Gasteiger partial charge in [0.25, 0.3) is 0 Å². The predicted molar refractivity (Wildman–Crippen MR) is 67.4 cm³/mol. The summed E-state index contributed by atoms with van der Waals surface area (Å²) in [5, 5.41) is 13.2. The standard InChI is InChI=1S/C13H20N2O2/c1-15(11-5-6-14-8-11)9-10-3-4-12(17-2)7-13(10)16/h3-4,7,11,14,16H,5-6,8-9H2,1-2H3. The van der Waals surface area contributed by atoms with Crippen molar-refractivity contribution in [2.75, 3.05) is 27.2 Å². The molecule has 94 valence electrons. The van der Waals surface area contributed by atoms with Crippen LogP contribution in [0.4, 0.5) is 0 Å². The first kappa shape index (κ1) is 12.2. The Morgan fingerprint density at radius 2 is 2.35 bits per heavy atom. The maximum Gasteiger partial charge on any atom is 0.123 e. The van der Waals surface area contributed by atoms with Crippen LogP contribution in [0.1, 0.15) is 12.0 Å². The second-order valence-corrected chi connectivity index (χ2v) is 4.56. The summed E-state index contributed by atoms with van der Waals surface area (Å²) in [6.07, 6.45) is 1.17. The van der Waals surface area contributed by atoms with Crippen LogP contribution >= 0.6 is 0 Å². The van der Waals surface area contributed by atoms with Crippen LogP contribution in [-0.2, 0) is 6.54 Å². The second kappa shape index (κ2) is 5.38. The van der Waals surface area contributed by atoms with Gasteiger partial charge in [0.15, 0.2) is 0 Å². The van der Waals surface area contributed by atoms with Crippen LogP contribution in [0.3, 0.4) is 0 Å². The Kier molecular flexibility index (Phi) is 3.86. The molecular weight excluding hydrogens is 216 g/mol. The minimum absolute atomic E-state index is 0.308. The number of hydrogen-bond donors (Lipinski definition) is 2. The Labute approximate surface area is 102 Å². The van der Waals surface area contributed by atoms with E-state index in [2.05, 4.69) is 17.3 Å². The molecule has 1 fully saturated rings. The summed E-state index contributed by atoms with van der Waals surface area (Å²) < 4.78 is 5.07. The topological polar surface area (TPSA) is 44.7 Å². The van der Waals surface area contributed by atoms with E-state index in [1.54, 1.807) is 13.2 Å². The van der Waals surface area contributed by atoms with Crippen LogP contribution in [0.5, 0.6) is 11.5 Å². The van der Waals surface area contributed by atoms with Crippen molar-refractivity contribution in [2.24, 2.45) is 0 Å². The summed E-state index contributed by atoms with van der Waals surface area (Å²) in [4.78, 5) is 2.28. The van der Waals surface area contributed by atoms with Crippen molar-refractivity contribution in [3.63, 3.8) is 0 Å². The van der Waals surface area contributed by atoms with Gasteiger partial charge in [-0.15, -0.1) is 0 Å². The molecule has 1 unspecified atom stereocenters. The van der Waals surface area contributed by atoms with Crippen molar-refractivity contribution in [3.8, 4) is 11.5 Å². The van der Waals surface area contributed by atoms with Crippen LogP contribution in [0, 0.1) is 0 Å². The number of rotatable bonds is 4. The van der Waals surface area contributed by atoms with Gasteiger partial charge in [-0.05, 0) is 26.1 Å². The first-order valence-electron chi connectivity index (χ1n) is 5.97. The van der Waals surface area contributed by atoms with E-state index in [4.69, 9.17) is 4.74 Å². The number of nitrogens with one attached hydrogen (secondary N) is 1. The third kappa shape index (κ3) is 2.90. The molecule has 1 heterocycles. The molecule has 1 aliphatic rings. The predicted octanol–water partition coefficient (Wildman–Crippen LogP) is 1.19. The zero-order chi connectivity index (χ0) is 12.3. The zero-order valence-corrected chi connectivity index (χ0v) is 10.4. The van der Waals surface area contributed by atoms with Crippen molar-refractivity contribution >= 4 is 0 Å². The van der Waals surface area contributed by atoms with E-state index in [1.807, 2.05) is 12.1 Å². The number of hydrogen-bond acceptors (Lipinski definition) is 4. The number of benzene rings is 1. The van der Waals surface area contributed by atoms with Gasteiger partial charge in [-0.25, -0.2) is 0 Å². The number of ether oxygens (including phenoxy) is 1. The molecule has 4 heteroatoms. The number of nitrogens with zero attached hydrogens (tertiary/aromatic N) is 1. The molecule has 0 amide bonds. The van der Waals surface area contributed by atoms with Crippen LogP contribution in [0.2, 0.25) is 0 Å². The number of phenolic OH excluding ortho intramolecular Hbond substituents is 1. The lowest BCUT2D eigenvalue weighted by molar-refractivity contribution is 0.245. The van der Waals surface area contributed by atoms with Gasteiger partial charge in [-0.1, -0.05) is 6.07 Å². The average molecular weight is 236 g/mol. The lowest BCUT2D eigenvalue weighted by atomic mass is 10.1. The molecule has 1 aromatic carbocycles. The van der Waals surface area contributed by atoms with Crippen molar-refractivity contribution in [1.82, 2.24) is 10.2 Å². The number of methoxy groups -OCH3 is 1. The van der Waals surface area contributed by atoms with E-state index in [-0.39, 0.29) is 0 Å². The zero-order valence-electron chi connectivity index (χ0n) is 10.4. The highest BCUT2D eigenvalue weighted by molar-refractivity contribution is 5.39. The summed E-state index contributed by atoms with van der Waals surface area (Å²) in [6.45, 7) is 2.89. The Balaban J connectivity index is 2.02. The third-order valence-corrected chi connectivity index (χ3v) is 3.37. The van der Waals surface area contributed by atoms with Crippen molar-refractivity contribution in [1.29, 1.82) is 0 Å². The van der Waals surface area contributed by atoms with Crippen LogP contribution in [0.25, 0.3) is 0 Å². The van der Waals surface area contributed by atoms with E-state index in [0.29, 0.717) is 17.5 Å². The smallest absolute Gasteiger partial charge is 0.123 e. The van der Waals surface area contributed by atoms with Crippen LogP contribution < -0.4 is 10.1 Å². The van der Waals surface area contributed by atoms with Crippen LogP contribution in [-0.4, -0.2) is 43.3 Å². The van der Waals surface area contributed by atoms with Crippen LogP contribution in [0.15, 0.2) is 18.2 Å². The maximum absolute atomic E-state index is 9.89. The van der Waals surface area contributed by atoms with Gasteiger partial charge >= 0.3 is 0 Å². The molecule has 1 saturated heterocycles. The van der Waals surface area contributed by atoms with E-state index >= 15 is 0 Å². The summed E-state index contributed by atoms with van der Waals surface area (Å²) >= 11 is 0. The Morgan fingerprint density at radius 3 is 2.94 bits per heavy atom. The van der Waals surface area contributed by atoms with Crippen molar-refractivity contribution in [2.45, 2.75) is 19.0 Å². The molecule has 17 heavy (non-hydrogen) atoms. The van der Waals surface area contributed by atoms with Gasteiger partial charge < -0.3 is 15.2 Å². The van der Waals surface area contributed by atoms with E-state index in [9.17, 15) is 5.11 Å². The van der Waals surface area contributed by atoms with E-state index in [0.717, 1.165) is 25.2 Å². The molecule has 2 rings (SSSR count). The normalized spacial score (nSPS) is 19.8. The lowest BCUT2D eigenvalue weighted by Gasteiger charge is -2.23. The molecule has 4 nitrogen and oxygen atoms in total. The monoisotopic (exact) mass is 236 g/mol. The molecule has 0 spiro atoms. The Bertz CT molecular complexity index is 376. The largest absolute Gasteiger partial charge is 0.507 e. The fourth-order valence-corrected chi connectivity index (χ4v) is 2.22. The number of likely N-dealkylation sites (N-methyl/N-ethyl adjacent to an activating group) is 1. The lowest BCUT2D eigenvalue weighted by Crippen LogP contribution is -2.32. The van der Waals surface area contributed by atoms with E-state index < -0.39 is 0 Å². The fourth-order valence-electron chi connectivity index (χ4n) is 2.22. The second-order valence-electron chi connectivity index (χ2n) is 4.56. The number of aromatic hydroxyl groups is 1. The van der Waals surface area contributed by atoms with Gasteiger partial charge in [0.1, 0.15) is 11.5 Å². The van der Waals surface area contributed by atoms with Crippen molar-refractivity contribution < 1.29 is 9.84 Å². The molecular formula is C13H20N2O2. The van der Waals surface area contributed by atoms with E-state index in [1.165, 1.54) is 6.42 Å². The average Bonchev–Trinajstić information content (AvgIpc) is 2.85. The Morgan fingerprint density at radius 1 is 1.53 bits per heavy atom. The molecule has 0 bridgehead atoms. The summed E-state index contributed by atoms with van der Waals surface area (Å²) in [5.74, 6) is 0.999. The molecule has 0 aromatic heterocycles. The quantitative estimate of drug-likeness (QED) is 0.824. The Hall–Kier alpha value is -1.26. The summed E-state index contributed by atoms with van der Waals surface area (Å²) in [6, 6.07) is 6.04. The van der Waals surface area contributed by atoms with Gasteiger partial charge in [0.2, 0.25) is 0 Å². The maximum atomic E-state index is 9.89. The molecule has 1 aliphatic heterocycles. The summed E-state index contributed by atoms with van der Waals surface area (Å²) in [7, 11) is 3.70. The minimum Gasteiger partial charge on any atom is -0.507 e. The SMILES string of the molecule is COc1ccc(CN(C)C2CCNC2)c(O)c1. The van der Waals surface area contributed by atoms with Gasteiger partial charge in [-0.3, -0.25) is 4.90 Å². The number of phenols is 1. The molecule has 0 saturated carbocycles. The highest BCUT2D eigenvalue weighted by atomic mass is 16.5. The fraction of sp³-hybridized carbons (Fsp3) is 0.538. The molecule has 2 N–H and O–H groups in total. The minimum atomic E-state index is 0.308. The highest BCUT2D eigenvalue weighted by Crippen LogP contribution is 2.25. The summed E-state index contributed by atoms with van der Waals surface area (Å²) in [5.41, 5.74) is 0.945. The van der Waals surface area contributed by atoms with Crippen molar-refractivity contribution in [3.05, 3.63) is 23.8 Å². The highest BCUT2D eigenvalue weighted by Gasteiger charge is 2.19. The molecule has 1 aromatic rings. The third-order valence-electron chi connectivity index (χ3n) is 3.37.